The van der Waals surface area contributed by atoms with Crippen molar-refractivity contribution in [2.75, 3.05) is 13.7 Å². The molecule has 1 unspecified atom stereocenters. The summed E-state index contributed by atoms with van der Waals surface area (Å²) in [5.41, 5.74) is 2.83. The zero-order valence-electron chi connectivity index (χ0n) is 12.4. The molecule has 0 aromatic carbocycles. The molecule has 0 aliphatic heterocycles. The molecular weight excluding hydrogens is 228 g/mol. The van der Waals surface area contributed by atoms with Crippen LogP contribution in [0.25, 0.3) is 0 Å². The van der Waals surface area contributed by atoms with Gasteiger partial charge >= 0.3 is 0 Å². The lowest BCUT2D eigenvalue weighted by molar-refractivity contribution is -0.0700. The van der Waals surface area contributed by atoms with E-state index in [1.807, 2.05) is 0 Å². The van der Waals surface area contributed by atoms with Crippen LogP contribution in [0.5, 0.6) is 0 Å². The standard InChI is InChI=1S/C14H30N2O2/c1-5-18-14(9-6-7-10-14)12(16-15)8-11-13(2,3)17-4/h12,16H,5-11,15H2,1-4H3. The van der Waals surface area contributed by atoms with Gasteiger partial charge in [-0.25, -0.2) is 0 Å². The predicted octanol–water partition coefficient (Wildman–Crippen LogP) is 2.37. The second-order valence-corrected chi connectivity index (χ2v) is 5.93. The van der Waals surface area contributed by atoms with Gasteiger partial charge in [-0.2, -0.15) is 0 Å². The molecule has 3 N–H and O–H groups in total. The summed E-state index contributed by atoms with van der Waals surface area (Å²) in [6, 6.07) is 0.217. The zero-order chi connectivity index (χ0) is 13.6. The van der Waals surface area contributed by atoms with E-state index in [2.05, 4.69) is 26.2 Å². The van der Waals surface area contributed by atoms with Crippen LogP contribution in [0.3, 0.4) is 0 Å². The van der Waals surface area contributed by atoms with Crippen LogP contribution in [0, 0.1) is 0 Å². The van der Waals surface area contributed by atoms with Crippen LogP contribution in [-0.4, -0.2) is 31.0 Å². The number of ether oxygens (including phenoxy) is 2. The average Bonchev–Trinajstić information content (AvgIpc) is 2.80. The van der Waals surface area contributed by atoms with Gasteiger partial charge in [0.05, 0.1) is 17.2 Å². The van der Waals surface area contributed by atoms with Gasteiger partial charge < -0.3 is 9.47 Å². The van der Waals surface area contributed by atoms with Crippen LogP contribution in [0.1, 0.15) is 59.3 Å². The van der Waals surface area contributed by atoms with Gasteiger partial charge in [-0.1, -0.05) is 12.8 Å². The SMILES string of the molecule is CCOC1(C(CCC(C)(C)OC)NN)CCCC1. The summed E-state index contributed by atoms with van der Waals surface area (Å²) in [4.78, 5) is 0. The highest BCUT2D eigenvalue weighted by Crippen LogP contribution is 2.38. The van der Waals surface area contributed by atoms with Gasteiger partial charge in [-0.05, 0) is 46.5 Å². The van der Waals surface area contributed by atoms with Crippen LogP contribution in [0.15, 0.2) is 0 Å². The van der Waals surface area contributed by atoms with Crippen molar-refractivity contribution < 1.29 is 9.47 Å². The third kappa shape index (κ3) is 3.92. The molecule has 0 heterocycles. The van der Waals surface area contributed by atoms with E-state index in [1.54, 1.807) is 7.11 Å². The minimum absolute atomic E-state index is 0.0622. The maximum atomic E-state index is 6.06. The van der Waals surface area contributed by atoms with Crippen molar-refractivity contribution in [3.05, 3.63) is 0 Å². The number of nitrogens with one attached hydrogen (secondary N) is 1. The molecule has 18 heavy (non-hydrogen) atoms. The van der Waals surface area contributed by atoms with Gasteiger partial charge in [0.1, 0.15) is 0 Å². The lowest BCUT2D eigenvalue weighted by Crippen LogP contribution is -2.54. The lowest BCUT2D eigenvalue weighted by Gasteiger charge is -2.38. The van der Waals surface area contributed by atoms with E-state index >= 15 is 0 Å². The number of methoxy groups -OCH3 is 1. The highest BCUT2D eigenvalue weighted by atomic mass is 16.5. The van der Waals surface area contributed by atoms with E-state index in [9.17, 15) is 0 Å². The van der Waals surface area contributed by atoms with Crippen molar-refractivity contribution in [2.24, 2.45) is 5.84 Å². The zero-order valence-corrected chi connectivity index (χ0v) is 12.4. The molecule has 108 valence electrons. The van der Waals surface area contributed by atoms with Crippen molar-refractivity contribution in [1.82, 2.24) is 5.43 Å². The Balaban J connectivity index is 2.62. The van der Waals surface area contributed by atoms with E-state index in [0.29, 0.717) is 0 Å². The fourth-order valence-electron chi connectivity index (χ4n) is 2.95. The van der Waals surface area contributed by atoms with Gasteiger partial charge in [-0.3, -0.25) is 11.3 Å². The second kappa shape index (κ2) is 6.85. The van der Waals surface area contributed by atoms with E-state index in [4.69, 9.17) is 15.3 Å². The van der Waals surface area contributed by atoms with Gasteiger partial charge in [0, 0.05) is 13.7 Å². The molecule has 0 bridgehead atoms. The van der Waals surface area contributed by atoms with Crippen molar-refractivity contribution >= 4 is 0 Å². The Morgan fingerprint density at radius 2 is 1.94 bits per heavy atom. The number of rotatable bonds is 8. The van der Waals surface area contributed by atoms with Gasteiger partial charge in [-0.15, -0.1) is 0 Å². The molecule has 0 spiro atoms. The Bertz CT molecular complexity index is 238. The summed E-state index contributed by atoms with van der Waals surface area (Å²) in [6.45, 7) is 7.05. The normalized spacial score (nSPS) is 21.2. The summed E-state index contributed by atoms with van der Waals surface area (Å²) in [6.07, 6.45) is 6.68. The maximum absolute atomic E-state index is 6.06. The molecule has 1 aliphatic rings. The summed E-state index contributed by atoms with van der Waals surface area (Å²) in [5.74, 6) is 5.77. The number of hydrogen-bond donors (Lipinski definition) is 2. The number of hydrazine groups is 1. The Morgan fingerprint density at radius 3 is 2.39 bits per heavy atom. The molecule has 0 saturated heterocycles. The molecule has 0 amide bonds. The third-order valence-electron chi connectivity index (χ3n) is 4.31. The molecule has 1 fully saturated rings. The molecule has 4 heteroatoms. The lowest BCUT2D eigenvalue weighted by atomic mass is 9.86. The summed E-state index contributed by atoms with van der Waals surface area (Å²) in [7, 11) is 1.76. The van der Waals surface area contributed by atoms with Gasteiger partial charge in [0.2, 0.25) is 0 Å². The third-order valence-corrected chi connectivity index (χ3v) is 4.31. The minimum Gasteiger partial charge on any atom is -0.379 e. The Hall–Kier alpha value is -0.160. The summed E-state index contributed by atoms with van der Waals surface area (Å²) < 4.78 is 11.5. The van der Waals surface area contributed by atoms with E-state index in [-0.39, 0.29) is 17.2 Å². The second-order valence-electron chi connectivity index (χ2n) is 5.93. The average molecular weight is 258 g/mol. The first kappa shape index (κ1) is 15.9. The van der Waals surface area contributed by atoms with Crippen molar-refractivity contribution in [1.29, 1.82) is 0 Å². The Kier molecular flexibility index (Phi) is 6.05. The maximum Gasteiger partial charge on any atom is 0.0848 e. The fourth-order valence-corrected chi connectivity index (χ4v) is 2.95. The van der Waals surface area contributed by atoms with Crippen molar-refractivity contribution in [3.8, 4) is 0 Å². The monoisotopic (exact) mass is 258 g/mol. The smallest absolute Gasteiger partial charge is 0.0848 e. The first-order valence-electron chi connectivity index (χ1n) is 7.15. The molecule has 4 nitrogen and oxygen atoms in total. The molecule has 1 saturated carbocycles. The highest BCUT2D eigenvalue weighted by Gasteiger charge is 2.42. The largest absolute Gasteiger partial charge is 0.379 e. The molecular formula is C14H30N2O2. The summed E-state index contributed by atoms with van der Waals surface area (Å²) in [5, 5.41) is 0. The first-order valence-corrected chi connectivity index (χ1v) is 7.15. The van der Waals surface area contributed by atoms with Gasteiger partial charge in [0.25, 0.3) is 0 Å². The van der Waals surface area contributed by atoms with Crippen LogP contribution in [0.2, 0.25) is 0 Å². The van der Waals surface area contributed by atoms with Crippen LogP contribution in [-0.2, 0) is 9.47 Å². The van der Waals surface area contributed by atoms with Gasteiger partial charge in [0.15, 0.2) is 0 Å². The topological polar surface area (TPSA) is 56.5 Å². The number of nitrogens with two attached hydrogens (primary N) is 1. The highest BCUT2D eigenvalue weighted by molar-refractivity contribution is 4.97. The quantitative estimate of drug-likeness (QED) is 0.518. The first-order chi connectivity index (χ1) is 8.49. The Morgan fingerprint density at radius 1 is 1.33 bits per heavy atom. The predicted molar refractivity (Wildman–Crippen MR) is 74.3 cm³/mol. The molecule has 1 aliphatic carbocycles. The van der Waals surface area contributed by atoms with Crippen LogP contribution >= 0.6 is 0 Å². The van der Waals surface area contributed by atoms with Crippen molar-refractivity contribution in [3.63, 3.8) is 0 Å². The van der Waals surface area contributed by atoms with E-state index < -0.39 is 0 Å². The van der Waals surface area contributed by atoms with E-state index in [0.717, 1.165) is 32.3 Å². The van der Waals surface area contributed by atoms with Crippen LogP contribution in [0.4, 0.5) is 0 Å². The van der Waals surface area contributed by atoms with E-state index in [1.165, 1.54) is 12.8 Å². The Labute approximate surface area is 112 Å². The van der Waals surface area contributed by atoms with Crippen LogP contribution < -0.4 is 11.3 Å². The summed E-state index contributed by atoms with van der Waals surface area (Å²) >= 11 is 0. The fraction of sp³-hybridized carbons (Fsp3) is 1.00. The number of hydrogen-bond acceptors (Lipinski definition) is 4. The minimum atomic E-state index is -0.0961. The molecule has 1 atom stereocenters. The molecule has 0 aromatic heterocycles. The molecule has 1 rings (SSSR count). The molecule has 0 aromatic rings. The molecule has 0 radical (unpaired) electrons. The van der Waals surface area contributed by atoms with Crippen molar-refractivity contribution in [2.45, 2.75) is 76.5 Å².